The number of nitrogens with one attached hydrogen (secondary N) is 1. The Labute approximate surface area is 186 Å². The van der Waals surface area contributed by atoms with Crippen LogP contribution < -0.4 is 15.8 Å². The fourth-order valence-corrected chi connectivity index (χ4v) is 4.29. The largest absolute Gasteiger partial charge is 0.507 e. The predicted molar refractivity (Wildman–Crippen MR) is 118 cm³/mol. The SMILES string of the molecule is NC(=O)c1cc(S(=O)(=O)c2ccc(OCCNC[C@@H](O)c3ccccc3)cc2)ccc1O. The number of aromatic hydroxyl groups is 1. The van der Waals surface area contributed by atoms with Crippen molar-refractivity contribution < 1.29 is 28.2 Å². The summed E-state index contributed by atoms with van der Waals surface area (Å²) in [4.78, 5) is 11.2. The number of rotatable bonds is 10. The number of ether oxygens (including phenoxy) is 1. The number of amides is 1. The van der Waals surface area contributed by atoms with Crippen molar-refractivity contribution in [2.75, 3.05) is 19.7 Å². The first kappa shape index (κ1) is 23.3. The van der Waals surface area contributed by atoms with Gasteiger partial charge in [0.1, 0.15) is 18.1 Å². The quantitative estimate of drug-likeness (QED) is 0.342. The average molecular weight is 457 g/mol. The van der Waals surface area contributed by atoms with Crippen molar-refractivity contribution in [3.8, 4) is 11.5 Å². The molecule has 0 aliphatic rings. The van der Waals surface area contributed by atoms with Gasteiger partial charge in [-0.3, -0.25) is 4.79 Å². The van der Waals surface area contributed by atoms with Crippen LogP contribution in [0.25, 0.3) is 0 Å². The molecule has 0 aromatic heterocycles. The van der Waals surface area contributed by atoms with E-state index in [0.717, 1.165) is 17.7 Å². The molecule has 0 saturated heterocycles. The second kappa shape index (κ2) is 10.3. The molecule has 0 saturated carbocycles. The number of hydrogen-bond acceptors (Lipinski definition) is 7. The van der Waals surface area contributed by atoms with E-state index >= 15 is 0 Å². The number of primary amides is 1. The molecule has 0 aliphatic carbocycles. The maximum absolute atomic E-state index is 12.8. The van der Waals surface area contributed by atoms with Crippen LogP contribution in [0.15, 0.2) is 82.6 Å². The van der Waals surface area contributed by atoms with Crippen LogP contribution in [0.5, 0.6) is 11.5 Å². The summed E-state index contributed by atoms with van der Waals surface area (Å²) in [7, 11) is -3.91. The molecule has 0 radical (unpaired) electrons. The van der Waals surface area contributed by atoms with E-state index in [2.05, 4.69) is 5.32 Å². The number of carbonyl (C=O) groups excluding carboxylic acids is 1. The van der Waals surface area contributed by atoms with Gasteiger partial charge in [0.15, 0.2) is 0 Å². The van der Waals surface area contributed by atoms with E-state index < -0.39 is 21.8 Å². The number of nitrogens with two attached hydrogens (primary N) is 1. The van der Waals surface area contributed by atoms with E-state index in [9.17, 15) is 23.4 Å². The number of benzene rings is 3. The first-order valence-corrected chi connectivity index (χ1v) is 11.3. The molecule has 9 heteroatoms. The van der Waals surface area contributed by atoms with Gasteiger partial charge in [-0.15, -0.1) is 0 Å². The van der Waals surface area contributed by atoms with Gasteiger partial charge in [-0.25, -0.2) is 8.42 Å². The van der Waals surface area contributed by atoms with Crippen molar-refractivity contribution >= 4 is 15.7 Å². The molecule has 8 nitrogen and oxygen atoms in total. The highest BCUT2D eigenvalue weighted by Crippen LogP contribution is 2.27. The maximum Gasteiger partial charge on any atom is 0.252 e. The van der Waals surface area contributed by atoms with Gasteiger partial charge in [0.05, 0.1) is 21.5 Å². The van der Waals surface area contributed by atoms with E-state index in [1.807, 2.05) is 30.3 Å². The minimum absolute atomic E-state index is 0.00932. The van der Waals surface area contributed by atoms with E-state index in [4.69, 9.17) is 10.5 Å². The Balaban J connectivity index is 1.54. The summed E-state index contributed by atoms with van der Waals surface area (Å²) in [5.41, 5.74) is 5.73. The summed E-state index contributed by atoms with van der Waals surface area (Å²) in [5, 5.41) is 22.9. The third-order valence-electron chi connectivity index (χ3n) is 4.75. The fourth-order valence-electron chi connectivity index (χ4n) is 3.00. The van der Waals surface area contributed by atoms with Crippen LogP contribution in [0, 0.1) is 0 Å². The molecule has 5 N–H and O–H groups in total. The normalized spacial score (nSPS) is 12.3. The summed E-state index contributed by atoms with van der Waals surface area (Å²) in [5.74, 6) is -0.823. The van der Waals surface area contributed by atoms with Crippen molar-refractivity contribution in [1.82, 2.24) is 5.32 Å². The Morgan fingerprint density at radius 1 is 1.00 bits per heavy atom. The average Bonchev–Trinajstić information content (AvgIpc) is 2.79. The molecule has 0 aliphatic heterocycles. The molecular formula is C23H24N2O6S. The van der Waals surface area contributed by atoms with Gasteiger partial charge in [0, 0.05) is 13.1 Å². The van der Waals surface area contributed by atoms with Crippen molar-refractivity contribution in [1.29, 1.82) is 0 Å². The molecule has 32 heavy (non-hydrogen) atoms. The first-order chi connectivity index (χ1) is 15.3. The summed E-state index contributed by atoms with van der Waals surface area (Å²) >= 11 is 0. The summed E-state index contributed by atoms with van der Waals surface area (Å²) in [6.07, 6.45) is -0.615. The van der Waals surface area contributed by atoms with E-state index in [0.29, 0.717) is 25.4 Å². The Bertz CT molecular complexity index is 1160. The number of hydrogen-bond donors (Lipinski definition) is 4. The number of carbonyl (C=O) groups is 1. The highest BCUT2D eigenvalue weighted by molar-refractivity contribution is 7.91. The molecule has 1 atom stereocenters. The van der Waals surface area contributed by atoms with E-state index in [1.165, 1.54) is 30.3 Å². The molecule has 0 bridgehead atoms. The van der Waals surface area contributed by atoms with Crippen molar-refractivity contribution in [3.63, 3.8) is 0 Å². The Morgan fingerprint density at radius 2 is 1.66 bits per heavy atom. The fraction of sp³-hybridized carbons (Fsp3) is 0.174. The highest BCUT2D eigenvalue weighted by atomic mass is 32.2. The van der Waals surface area contributed by atoms with Crippen molar-refractivity contribution in [2.45, 2.75) is 15.9 Å². The van der Waals surface area contributed by atoms with Gasteiger partial charge in [0.2, 0.25) is 9.84 Å². The highest BCUT2D eigenvalue weighted by Gasteiger charge is 2.20. The molecule has 0 fully saturated rings. The van der Waals surface area contributed by atoms with Crippen LogP contribution in [0.1, 0.15) is 22.0 Å². The maximum atomic E-state index is 12.8. The standard InChI is InChI=1S/C23H24N2O6S/c24-23(28)20-14-19(10-11-21(20)26)32(29,30)18-8-6-17(7-9-18)31-13-12-25-15-22(27)16-4-2-1-3-5-16/h1-11,14,22,25-27H,12-13,15H2,(H2,24,28)/t22-/m1/s1. The lowest BCUT2D eigenvalue weighted by Gasteiger charge is -2.13. The molecule has 168 valence electrons. The van der Waals surface area contributed by atoms with Crippen LogP contribution in [-0.4, -0.2) is 44.2 Å². The summed E-state index contributed by atoms with van der Waals surface area (Å²) in [6, 6.07) is 18.5. The molecule has 1 amide bonds. The molecule has 0 spiro atoms. The lowest BCUT2D eigenvalue weighted by Crippen LogP contribution is -2.26. The van der Waals surface area contributed by atoms with Gasteiger partial charge >= 0.3 is 0 Å². The van der Waals surface area contributed by atoms with Gasteiger partial charge in [-0.1, -0.05) is 30.3 Å². The summed E-state index contributed by atoms with van der Waals surface area (Å²) < 4.78 is 31.2. The van der Waals surface area contributed by atoms with Gasteiger partial charge in [-0.2, -0.15) is 0 Å². The Morgan fingerprint density at radius 3 is 2.31 bits per heavy atom. The van der Waals surface area contributed by atoms with Crippen LogP contribution in [0.4, 0.5) is 0 Å². The molecular weight excluding hydrogens is 432 g/mol. The zero-order chi connectivity index (χ0) is 23.1. The minimum Gasteiger partial charge on any atom is -0.507 e. The number of aliphatic hydroxyl groups is 1. The van der Waals surface area contributed by atoms with Gasteiger partial charge in [0.25, 0.3) is 5.91 Å². The Kier molecular flexibility index (Phi) is 7.47. The zero-order valence-electron chi connectivity index (χ0n) is 17.1. The number of phenols is 1. The third-order valence-corrected chi connectivity index (χ3v) is 6.51. The summed E-state index contributed by atoms with van der Waals surface area (Å²) in [6.45, 7) is 1.20. The van der Waals surface area contributed by atoms with Crippen LogP contribution in [0.3, 0.4) is 0 Å². The molecule has 0 heterocycles. The Hall–Kier alpha value is -3.40. The van der Waals surface area contributed by atoms with Crippen molar-refractivity contribution in [2.24, 2.45) is 5.73 Å². The predicted octanol–water partition coefficient (Wildman–Crippen LogP) is 2.03. The topological polar surface area (TPSA) is 139 Å². The van der Waals surface area contributed by atoms with Crippen molar-refractivity contribution in [3.05, 3.63) is 83.9 Å². The smallest absolute Gasteiger partial charge is 0.252 e. The van der Waals surface area contributed by atoms with Gasteiger partial charge in [-0.05, 0) is 48.0 Å². The monoisotopic (exact) mass is 456 g/mol. The lowest BCUT2D eigenvalue weighted by molar-refractivity contribution is 0.0997. The zero-order valence-corrected chi connectivity index (χ0v) is 18.0. The molecule has 0 unspecified atom stereocenters. The van der Waals surface area contributed by atoms with Gasteiger partial charge < -0.3 is 26.0 Å². The van der Waals surface area contributed by atoms with Crippen LogP contribution in [0.2, 0.25) is 0 Å². The molecule has 3 aromatic rings. The first-order valence-electron chi connectivity index (χ1n) is 9.83. The second-order valence-corrected chi connectivity index (χ2v) is 8.95. The van der Waals surface area contributed by atoms with Crippen LogP contribution >= 0.6 is 0 Å². The molecule has 3 rings (SSSR count). The van der Waals surface area contributed by atoms with E-state index in [1.54, 1.807) is 0 Å². The lowest BCUT2D eigenvalue weighted by atomic mass is 10.1. The number of sulfone groups is 1. The molecule has 3 aromatic carbocycles. The van der Waals surface area contributed by atoms with Crippen LogP contribution in [-0.2, 0) is 9.84 Å². The number of aliphatic hydroxyl groups excluding tert-OH is 1. The minimum atomic E-state index is -3.91. The van der Waals surface area contributed by atoms with E-state index in [-0.39, 0.29) is 21.1 Å². The second-order valence-electron chi connectivity index (χ2n) is 7.00. The third kappa shape index (κ3) is 5.64.